The largest absolute Gasteiger partial charge is 0.355 e. The number of hydrogen-bond acceptors (Lipinski definition) is 6. The van der Waals surface area contributed by atoms with Crippen molar-refractivity contribution in [1.82, 2.24) is 20.2 Å². The Labute approximate surface area is 189 Å². The number of fused-ring (bicyclic) bond motifs is 1. The van der Waals surface area contributed by atoms with E-state index in [1.807, 2.05) is 24.3 Å². The molecule has 158 valence electrons. The maximum atomic E-state index is 12.2. The van der Waals surface area contributed by atoms with Crippen molar-refractivity contribution < 1.29 is 4.79 Å². The molecule has 0 unspecified atom stereocenters. The number of halogens is 1. The molecule has 1 aliphatic heterocycles. The lowest BCUT2D eigenvalue weighted by Crippen LogP contribution is -2.30. The van der Waals surface area contributed by atoms with E-state index in [0.717, 1.165) is 44.0 Å². The number of benzene rings is 1. The van der Waals surface area contributed by atoms with Crippen LogP contribution in [0.3, 0.4) is 0 Å². The van der Waals surface area contributed by atoms with Gasteiger partial charge in [0.05, 0.1) is 9.35 Å². The lowest BCUT2D eigenvalue weighted by atomic mass is 9.94. The lowest BCUT2D eigenvalue weighted by molar-refractivity contribution is 0.0965. The summed E-state index contributed by atoms with van der Waals surface area (Å²) in [6, 6.07) is 7.84. The van der Waals surface area contributed by atoms with Crippen molar-refractivity contribution in [2.24, 2.45) is 5.92 Å². The molecule has 0 atom stereocenters. The van der Waals surface area contributed by atoms with Crippen LogP contribution in [-0.4, -0.2) is 54.5 Å². The number of anilines is 1. The Balaban J connectivity index is 1.51. The SMILES string of the molecule is CNC(=O)c1cccc2sc(-c3nc(NCCC4CCN(C)CC4)ncc3Br)cc12. The number of thiophene rings is 1. The summed E-state index contributed by atoms with van der Waals surface area (Å²) in [5.41, 5.74) is 1.52. The first-order chi connectivity index (χ1) is 14.5. The van der Waals surface area contributed by atoms with Gasteiger partial charge in [0.25, 0.3) is 5.91 Å². The minimum atomic E-state index is -0.0806. The minimum Gasteiger partial charge on any atom is -0.355 e. The first kappa shape index (κ1) is 21.2. The van der Waals surface area contributed by atoms with Gasteiger partial charge in [-0.05, 0) is 79.4 Å². The number of amides is 1. The molecule has 3 aromatic rings. The first-order valence-electron chi connectivity index (χ1n) is 10.2. The Morgan fingerprint density at radius 2 is 2.13 bits per heavy atom. The number of likely N-dealkylation sites (tertiary alicyclic amines) is 1. The molecule has 1 saturated heterocycles. The van der Waals surface area contributed by atoms with Gasteiger partial charge in [0, 0.05) is 35.4 Å². The number of aromatic nitrogens is 2. The second kappa shape index (κ2) is 9.41. The van der Waals surface area contributed by atoms with E-state index in [1.54, 1.807) is 24.6 Å². The van der Waals surface area contributed by atoms with Crippen LogP contribution in [0.5, 0.6) is 0 Å². The number of carbonyl (C=O) groups excluding carboxylic acids is 1. The summed E-state index contributed by atoms with van der Waals surface area (Å²) in [5.74, 6) is 1.34. The molecule has 2 aromatic heterocycles. The van der Waals surface area contributed by atoms with Crippen molar-refractivity contribution in [2.45, 2.75) is 19.3 Å². The van der Waals surface area contributed by atoms with E-state index < -0.39 is 0 Å². The van der Waals surface area contributed by atoms with Crippen LogP contribution in [-0.2, 0) is 0 Å². The van der Waals surface area contributed by atoms with E-state index in [2.05, 4.69) is 43.5 Å². The second-order valence-electron chi connectivity index (χ2n) is 7.76. The molecular formula is C22H26BrN5OS. The number of piperidine rings is 1. The quantitative estimate of drug-likeness (QED) is 0.530. The van der Waals surface area contributed by atoms with Crippen molar-refractivity contribution in [1.29, 1.82) is 0 Å². The Bertz CT molecular complexity index is 1050. The molecule has 1 fully saturated rings. The molecule has 30 heavy (non-hydrogen) atoms. The molecule has 1 aliphatic rings. The summed E-state index contributed by atoms with van der Waals surface area (Å²) in [6.07, 6.45) is 5.46. The van der Waals surface area contributed by atoms with Crippen LogP contribution in [0.15, 0.2) is 34.9 Å². The molecule has 0 radical (unpaired) electrons. The highest BCUT2D eigenvalue weighted by Crippen LogP contribution is 2.37. The molecule has 2 N–H and O–H groups in total. The zero-order valence-electron chi connectivity index (χ0n) is 17.2. The molecule has 1 amide bonds. The molecule has 6 nitrogen and oxygen atoms in total. The van der Waals surface area contributed by atoms with Crippen LogP contribution in [0, 0.1) is 5.92 Å². The highest BCUT2D eigenvalue weighted by Gasteiger charge is 2.17. The van der Waals surface area contributed by atoms with Crippen LogP contribution < -0.4 is 10.6 Å². The topological polar surface area (TPSA) is 70.2 Å². The van der Waals surface area contributed by atoms with Crippen LogP contribution in [0.1, 0.15) is 29.6 Å². The van der Waals surface area contributed by atoms with E-state index in [4.69, 9.17) is 4.98 Å². The van der Waals surface area contributed by atoms with Crippen LogP contribution >= 0.6 is 27.3 Å². The maximum absolute atomic E-state index is 12.2. The molecule has 4 rings (SSSR count). The van der Waals surface area contributed by atoms with Crippen molar-refractivity contribution >= 4 is 49.2 Å². The fraction of sp³-hybridized carbons (Fsp3) is 0.409. The average Bonchev–Trinajstić information content (AvgIpc) is 3.20. The summed E-state index contributed by atoms with van der Waals surface area (Å²) in [7, 11) is 3.84. The summed E-state index contributed by atoms with van der Waals surface area (Å²) < 4.78 is 1.91. The highest BCUT2D eigenvalue weighted by molar-refractivity contribution is 9.10. The van der Waals surface area contributed by atoms with Gasteiger partial charge in [-0.15, -0.1) is 11.3 Å². The number of nitrogens with one attached hydrogen (secondary N) is 2. The third kappa shape index (κ3) is 4.66. The molecule has 0 spiro atoms. The summed E-state index contributed by atoms with van der Waals surface area (Å²) >= 11 is 5.22. The summed E-state index contributed by atoms with van der Waals surface area (Å²) in [5, 5.41) is 7.05. The molecule has 0 saturated carbocycles. The van der Waals surface area contributed by atoms with Gasteiger partial charge in [-0.2, -0.15) is 0 Å². The first-order valence-corrected chi connectivity index (χ1v) is 11.9. The number of nitrogens with zero attached hydrogens (tertiary/aromatic N) is 3. The summed E-state index contributed by atoms with van der Waals surface area (Å²) in [4.78, 5) is 24.8. The number of rotatable bonds is 6. The Hall–Kier alpha value is -2.03. The van der Waals surface area contributed by atoms with Gasteiger partial charge in [-0.1, -0.05) is 6.07 Å². The number of carbonyl (C=O) groups is 1. The van der Waals surface area contributed by atoms with Gasteiger partial charge in [-0.25, -0.2) is 9.97 Å². The Kier molecular flexibility index (Phi) is 6.65. The van der Waals surface area contributed by atoms with E-state index >= 15 is 0 Å². The average molecular weight is 488 g/mol. The Morgan fingerprint density at radius 3 is 2.90 bits per heavy atom. The van der Waals surface area contributed by atoms with Gasteiger partial charge in [0.1, 0.15) is 5.69 Å². The zero-order valence-corrected chi connectivity index (χ0v) is 19.6. The predicted molar refractivity (Wildman–Crippen MR) is 127 cm³/mol. The van der Waals surface area contributed by atoms with Gasteiger partial charge >= 0.3 is 0 Å². The van der Waals surface area contributed by atoms with Crippen LogP contribution in [0.25, 0.3) is 20.7 Å². The molecule has 0 bridgehead atoms. The van der Waals surface area contributed by atoms with E-state index in [0.29, 0.717) is 11.5 Å². The second-order valence-corrected chi connectivity index (χ2v) is 9.70. The zero-order chi connectivity index (χ0) is 21.1. The van der Waals surface area contributed by atoms with Crippen molar-refractivity contribution in [2.75, 3.05) is 39.0 Å². The summed E-state index contributed by atoms with van der Waals surface area (Å²) in [6.45, 7) is 3.25. The smallest absolute Gasteiger partial charge is 0.251 e. The molecule has 8 heteroatoms. The van der Waals surface area contributed by atoms with Crippen LogP contribution in [0.2, 0.25) is 0 Å². The van der Waals surface area contributed by atoms with Crippen molar-refractivity contribution in [3.05, 3.63) is 40.5 Å². The standard InChI is InChI=1S/C22H26BrN5OS/c1-24-21(29)15-4-3-5-18-16(15)12-19(30-18)20-17(23)13-26-22(27-20)25-9-6-14-7-10-28(2)11-8-14/h3-5,12-14H,6-11H2,1-2H3,(H,24,29)(H,25,26,27). The van der Waals surface area contributed by atoms with E-state index in [-0.39, 0.29) is 5.91 Å². The predicted octanol–water partition coefficient (Wildman–Crippen LogP) is 4.62. The van der Waals surface area contributed by atoms with Gasteiger partial charge in [0.15, 0.2) is 0 Å². The molecule has 1 aromatic carbocycles. The molecule has 0 aliphatic carbocycles. The normalized spacial score (nSPS) is 15.4. The minimum absolute atomic E-state index is 0.0806. The molecular weight excluding hydrogens is 462 g/mol. The van der Waals surface area contributed by atoms with Crippen molar-refractivity contribution in [3.63, 3.8) is 0 Å². The number of hydrogen-bond donors (Lipinski definition) is 2. The fourth-order valence-electron chi connectivity index (χ4n) is 3.87. The van der Waals surface area contributed by atoms with Gasteiger partial charge in [-0.3, -0.25) is 4.79 Å². The Morgan fingerprint density at radius 1 is 1.33 bits per heavy atom. The fourth-order valence-corrected chi connectivity index (χ4v) is 5.50. The third-order valence-corrected chi connectivity index (χ3v) is 7.37. The monoisotopic (exact) mass is 487 g/mol. The van der Waals surface area contributed by atoms with Gasteiger partial charge in [0.2, 0.25) is 5.95 Å². The van der Waals surface area contributed by atoms with Crippen molar-refractivity contribution in [3.8, 4) is 10.6 Å². The third-order valence-electron chi connectivity index (χ3n) is 5.68. The van der Waals surface area contributed by atoms with Gasteiger partial charge < -0.3 is 15.5 Å². The van der Waals surface area contributed by atoms with E-state index in [9.17, 15) is 4.79 Å². The van der Waals surface area contributed by atoms with Crippen LogP contribution in [0.4, 0.5) is 5.95 Å². The highest BCUT2D eigenvalue weighted by atomic mass is 79.9. The molecule has 3 heterocycles. The maximum Gasteiger partial charge on any atom is 0.251 e. The lowest BCUT2D eigenvalue weighted by Gasteiger charge is -2.28. The van der Waals surface area contributed by atoms with E-state index in [1.165, 1.54) is 25.9 Å².